The van der Waals surface area contributed by atoms with Gasteiger partial charge in [-0.25, -0.2) is 23.5 Å². The van der Waals surface area contributed by atoms with Crippen LogP contribution in [0.2, 0.25) is 0 Å². The van der Waals surface area contributed by atoms with Crippen LogP contribution in [-0.4, -0.2) is 59.7 Å². The molecule has 146 valence electrons. The lowest BCUT2D eigenvalue weighted by Crippen LogP contribution is -2.74. The number of aromatic nitrogens is 2. The smallest absolute Gasteiger partial charge is 0.325 e. The molecule has 2 amide bonds. The maximum atomic E-state index is 13.8. The van der Waals surface area contributed by atoms with Gasteiger partial charge in [-0.2, -0.15) is 0 Å². The van der Waals surface area contributed by atoms with E-state index in [0.717, 1.165) is 25.2 Å². The number of amides is 2. The number of anilines is 2. The highest BCUT2D eigenvalue weighted by Crippen LogP contribution is 2.43. The second-order valence-corrected chi connectivity index (χ2v) is 7.81. The van der Waals surface area contributed by atoms with Crippen LogP contribution in [0.25, 0.3) is 0 Å². The number of likely N-dealkylation sites (tertiary alicyclic amines) is 1. The van der Waals surface area contributed by atoms with Gasteiger partial charge in [0.05, 0.1) is 11.7 Å². The quantitative estimate of drug-likeness (QED) is 0.751. The predicted octanol–water partition coefficient (Wildman–Crippen LogP) is 2.28. The molecule has 28 heavy (non-hydrogen) atoms. The van der Waals surface area contributed by atoms with E-state index in [-0.39, 0.29) is 35.5 Å². The van der Waals surface area contributed by atoms with Crippen LogP contribution < -0.4 is 14.5 Å². The molecule has 1 unspecified atom stereocenters. The summed E-state index contributed by atoms with van der Waals surface area (Å²) in [6, 6.07) is 3.34. The Balaban J connectivity index is 1.28. The number of ether oxygens (including phenoxy) is 1. The van der Waals surface area contributed by atoms with Gasteiger partial charge in [-0.1, -0.05) is 0 Å². The van der Waals surface area contributed by atoms with E-state index in [1.54, 1.807) is 23.4 Å². The average molecular weight is 387 g/mol. The zero-order chi connectivity index (χ0) is 19.5. The van der Waals surface area contributed by atoms with Crippen LogP contribution in [0.3, 0.4) is 0 Å². The fourth-order valence-electron chi connectivity index (χ4n) is 4.25. The zero-order valence-electron chi connectivity index (χ0n) is 15.3. The second kappa shape index (κ2) is 6.02. The van der Waals surface area contributed by atoms with Crippen molar-refractivity contribution in [2.45, 2.75) is 13.0 Å². The number of carbonyl (C=O) groups excluding carboxylic acids is 1. The number of hydrogen-bond acceptors (Lipinski definition) is 5. The summed E-state index contributed by atoms with van der Waals surface area (Å²) in [6.45, 7) is 4.92. The standard InChI is InChI=1S/C19H19F2N5O2/c1-12-7-28-16-6-14(21)13(20)5-15(16)26(12)18(27)25-10-19(11-25)8-24(9-19)17-22-3-2-4-23-17/h2-6,12H,7-11H2,1H3. The first-order valence-electron chi connectivity index (χ1n) is 9.18. The Morgan fingerprint density at radius 2 is 1.82 bits per heavy atom. The van der Waals surface area contributed by atoms with E-state index in [4.69, 9.17) is 4.74 Å². The molecule has 4 heterocycles. The van der Waals surface area contributed by atoms with Crippen molar-refractivity contribution in [3.8, 4) is 5.75 Å². The van der Waals surface area contributed by atoms with Crippen molar-refractivity contribution in [1.29, 1.82) is 0 Å². The van der Waals surface area contributed by atoms with E-state index in [2.05, 4.69) is 14.9 Å². The van der Waals surface area contributed by atoms with Gasteiger partial charge in [0.15, 0.2) is 11.6 Å². The Kier molecular flexibility index (Phi) is 3.68. The molecule has 2 saturated heterocycles. The lowest BCUT2D eigenvalue weighted by Gasteiger charge is -2.60. The van der Waals surface area contributed by atoms with Gasteiger partial charge in [-0.05, 0) is 13.0 Å². The maximum Gasteiger partial charge on any atom is 0.325 e. The first-order valence-corrected chi connectivity index (χ1v) is 9.18. The van der Waals surface area contributed by atoms with E-state index < -0.39 is 11.6 Å². The van der Waals surface area contributed by atoms with Crippen LogP contribution in [-0.2, 0) is 0 Å². The Bertz CT molecular complexity index is 927. The maximum absolute atomic E-state index is 13.8. The molecule has 0 saturated carbocycles. The predicted molar refractivity (Wildman–Crippen MR) is 97.4 cm³/mol. The number of hydrogen-bond donors (Lipinski definition) is 0. The molecule has 1 aromatic heterocycles. The minimum atomic E-state index is -0.994. The molecule has 1 aromatic carbocycles. The van der Waals surface area contributed by atoms with Crippen LogP contribution in [0, 0.1) is 17.0 Å². The van der Waals surface area contributed by atoms with Crippen molar-refractivity contribution in [1.82, 2.24) is 14.9 Å². The number of carbonyl (C=O) groups is 1. The fraction of sp³-hybridized carbons (Fsp3) is 0.421. The molecular weight excluding hydrogens is 368 g/mol. The highest BCUT2D eigenvalue weighted by molar-refractivity contribution is 5.95. The highest BCUT2D eigenvalue weighted by Gasteiger charge is 2.55. The minimum absolute atomic E-state index is 0.0568. The Morgan fingerprint density at radius 1 is 1.14 bits per heavy atom. The van der Waals surface area contributed by atoms with Gasteiger partial charge in [-0.15, -0.1) is 0 Å². The monoisotopic (exact) mass is 387 g/mol. The molecule has 0 N–H and O–H groups in total. The van der Waals surface area contributed by atoms with E-state index in [1.165, 1.54) is 4.90 Å². The van der Waals surface area contributed by atoms with Gasteiger partial charge in [-0.3, -0.25) is 4.90 Å². The van der Waals surface area contributed by atoms with Crippen molar-refractivity contribution in [2.24, 2.45) is 5.41 Å². The molecule has 0 aliphatic carbocycles. The summed E-state index contributed by atoms with van der Waals surface area (Å²) < 4.78 is 32.8. The minimum Gasteiger partial charge on any atom is -0.489 e. The summed E-state index contributed by atoms with van der Waals surface area (Å²) in [6.07, 6.45) is 3.42. The number of nitrogens with zero attached hydrogens (tertiary/aromatic N) is 5. The Morgan fingerprint density at radius 3 is 2.54 bits per heavy atom. The number of urea groups is 1. The van der Waals surface area contributed by atoms with Crippen LogP contribution >= 0.6 is 0 Å². The summed E-state index contributed by atoms with van der Waals surface area (Å²) in [5.74, 6) is -1.09. The molecule has 7 nitrogen and oxygen atoms in total. The van der Waals surface area contributed by atoms with E-state index >= 15 is 0 Å². The van der Waals surface area contributed by atoms with Crippen molar-refractivity contribution in [2.75, 3.05) is 42.6 Å². The summed E-state index contributed by atoms with van der Waals surface area (Å²) in [7, 11) is 0. The second-order valence-electron chi connectivity index (χ2n) is 7.81. The van der Waals surface area contributed by atoms with E-state index in [0.29, 0.717) is 19.0 Å². The van der Waals surface area contributed by atoms with Gasteiger partial charge in [0.1, 0.15) is 12.4 Å². The normalized spacial score (nSPS) is 22.2. The third kappa shape index (κ3) is 2.56. The van der Waals surface area contributed by atoms with Crippen LogP contribution in [0.5, 0.6) is 5.75 Å². The number of halogens is 2. The molecule has 5 rings (SSSR count). The van der Waals surface area contributed by atoms with Gasteiger partial charge < -0.3 is 14.5 Å². The highest BCUT2D eigenvalue weighted by atomic mass is 19.2. The molecule has 0 bridgehead atoms. The first kappa shape index (κ1) is 17.2. The third-order valence-electron chi connectivity index (χ3n) is 5.60. The lowest BCUT2D eigenvalue weighted by atomic mass is 9.73. The Hall–Kier alpha value is -2.97. The number of fused-ring (bicyclic) bond motifs is 1. The van der Waals surface area contributed by atoms with Crippen molar-refractivity contribution < 1.29 is 18.3 Å². The molecule has 0 radical (unpaired) electrons. The van der Waals surface area contributed by atoms with Crippen molar-refractivity contribution in [3.05, 3.63) is 42.2 Å². The Labute approximate surface area is 160 Å². The topological polar surface area (TPSA) is 61.8 Å². The molecule has 2 fully saturated rings. The molecule has 3 aliphatic heterocycles. The first-order chi connectivity index (χ1) is 13.5. The average Bonchev–Trinajstić information content (AvgIpc) is 2.61. The zero-order valence-corrected chi connectivity index (χ0v) is 15.3. The van der Waals surface area contributed by atoms with Crippen LogP contribution in [0.15, 0.2) is 30.6 Å². The fourth-order valence-corrected chi connectivity index (χ4v) is 4.25. The van der Waals surface area contributed by atoms with E-state index in [9.17, 15) is 13.6 Å². The molecule has 2 aromatic rings. The van der Waals surface area contributed by atoms with Crippen LogP contribution in [0.4, 0.5) is 25.2 Å². The van der Waals surface area contributed by atoms with Crippen molar-refractivity contribution in [3.63, 3.8) is 0 Å². The summed E-state index contributed by atoms with van der Waals surface area (Å²) in [5.41, 5.74) is 0.331. The molecule has 3 aliphatic rings. The largest absolute Gasteiger partial charge is 0.489 e. The van der Waals surface area contributed by atoms with Crippen LogP contribution in [0.1, 0.15) is 6.92 Å². The summed E-state index contributed by atoms with van der Waals surface area (Å²) >= 11 is 0. The SMILES string of the molecule is CC1COc2cc(F)c(F)cc2N1C(=O)N1CC2(C1)CN(c1ncccn1)C2. The molecule has 1 atom stereocenters. The van der Waals surface area contributed by atoms with Gasteiger partial charge in [0.2, 0.25) is 5.95 Å². The molecular formula is C19H19F2N5O2. The molecule has 1 spiro atoms. The van der Waals surface area contributed by atoms with Crippen molar-refractivity contribution >= 4 is 17.7 Å². The van der Waals surface area contributed by atoms with Gasteiger partial charge in [0.25, 0.3) is 0 Å². The molecule has 9 heteroatoms. The van der Waals surface area contributed by atoms with Gasteiger partial charge >= 0.3 is 6.03 Å². The summed E-state index contributed by atoms with van der Waals surface area (Å²) in [4.78, 5) is 26.9. The number of benzene rings is 1. The summed E-state index contributed by atoms with van der Waals surface area (Å²) in [5, 5.41) is 0. The van der Waals surface area contributed by atoms with E-state index in [1.807, 2.05) is 6.92 Å². The number of rotatable bonds is 1. The van der Waals surface area contributed by atoms with Gasteiger partial charge in [0, 0.05) is 56.1 Å². The third-order valence-corrected chi connectivity index (χ3v) is 5.60. The lowest BCUT2D eigenvalue weighted by molar-refractivity contribution is 0.00813.